The van der Waals surface area contributed by atoms with Crippen molar-refractivity contribution in [1.82, 2.24) is 9.21 Å². The molecule has 0 saturated heterocycles. The number of nitrogens with zero attached hydrogens (tertiary/aromatic N) is 2. The van der Waals surface area contributed by atoms with Crippen molar-refractivity contribution in [2.24, 2.45) is 0 Å². The van der Waals surface area contributed by atoms with Crippen LogP contribution in [0.4, 0.5) is 0 Å². The Bertz CT molecular complexity index is 1340. The maximum Gasteiger partial charge on any atom is 0.245 e. The smallest absolute Gasteiger partial charge is 0.245 e. The third-order valence-electron chi connectivity index (χ3n) is 6.57. The van der Waals surface area contributed by atoms with Crippen molar-refractivity contribution in [1.29, 1.82) is 0 Å². The summed E-state index contributed by atoms with van der Waals surface area (Å²) < 4.78 is 33.9. The number of sulfonamides is 1. The van der Waals surface area contributed by atoms with Gasteiger partial charge >= 0.3 is 0 Å². The number of amides is 1. The molecule has 192 valence electrons. The number of rotatable bonds is 8. The van der Waals surface area contributed by atoms with E-state index < -0.39 is 16.1 Å². The molecule has 4 rings (SSSR count). The Morgan fingerprint density at radius 1 is 1.19 bits per heavy atom. The minimum Gasteiger partial charge on any atom is -0.497 e. The van der Waals surface area contributed by atoms with E-state index in [0.717, 1.165) is 23.3 Å². The third kappa shape index (κ3) is 5.29. The first kappa shape index (κ1) is 26.9. The average Bonchev–Trinajstić information content (AvgIpc) is 3.36. The Labute approximate surface area is 226 Å². The van der Waals surface area contributed by atoms with Crippen LogP contribution < -0.4 is 4.74 Å². The molecule has 10 heteroatoms. The van der Waals surface area contributed by atoms with Crippen molar-refractivity contribution >= 4 is 50.5 Å². The number of carbonyl (C=O) groups excluding carboxylic acids is 1. The Hall–Kier alpha value is -2.10. The summed E-state index contributed by atoms with van der Waals surface area (Å²) in [7, 11) is -2.48. The van der Waals surface area contributed by atoms with Gasteiger partial charge in [-0.05, 0) is 72.7 Å². The van der Waals surface area contributed by atoms with Gasteiger partial charge in [-0.15, -0.1) is 11.3 Å². The van der Waals surface area contributed by atoms with E-state index in [0.29, 0.717) is 13.0 Å². The second-order valence-corrected chi connectivity index (χ2v) is 12.4. The highest BCUT2D eigenvalue weighted by atomic mass is 35.5. The summed E-state index contributed by atoms with van der Waals surface area (Å²) >= 11 is 14.0. The van der Waals surface area contributed by atoms with Crippen molar-refractivity contribution in [2.75, 3.05) is 20.2 Å². The molecule has 0 fully saturated rings. The van der Waals surface area contributed by atoms with Crippen LogP contribution in [0.1, 0.15) is 42.3 Å². The molecule has 2 atom stereocenters. The van der Waals surface area contributed by atoms with Crippen LogP contribution in [0.5, 0.6) is 5.75 Å². The second-order valence-electron chi connectivity index (χ2n) is 8.69. The summed E-state index contributed by atoms with van der Waals surface area (Å²) in [5, 5.41) is 2.36. The second kappa shape index (κ2) is 11.1. The number of ether oxygens (including phenoxy) is 1. The van der Waals surface area contributed by atoms with Crippen molar-refractivity contribution < 1.29 is 17.9 Å². The molecular weight excluding hydrogens is 539 g/mol. The van der Waals surface area contributed by atoms with E-state index in [-0.39, 0.29) is 33.4 Å². The van der Waals surface area contributed by atoms with Gasteiger partial charge in [0.2, 0.25) is 15.9 Å². The fourth-order valence-corrected chi connectivity index (χ4v) is 7.73. The predicted molar refractivity (Wildman–Crippen MR) is 145 cm³/mol. The molecule has 0 aliphatic carbocycles. The van der Waals surface area contributed by atoms with Crippen LogP contribution in [0, 0.1) is 0 Å². The number of halogens is 2. The Kier molecular flexibility index (Phi) is 8.32. The van der Waals surface area contributed by atoms with Crippen LogP contribution >= 0.6 is 34.5 Å². The average molecular weight is 568 g/mol. The summed E-state index contributed by atoms with van der Waals surface area (Å²) in [4.78, 5) is 16.7. The molecule has 0 N–H and O–H groups in total. The fraction of sp³-hybridized carbons (Fsp3) is 0.346. The zero-order valence-corrected chi connectivity index (χ0v) is 23.4. The molecule has 1 aliphatic rings. The van der Waals surface area contributed by atoms with Crippen LogP contribution in [0.2, 0.25) is 10.0 Å². The van der Waals surface area contributed by atoms with Gasteiger partial charge in [0.05, 0.1) is 24.7 Å². The molecule has 2 aromatic carbocycles. The van der Waals surface area contributed by atoms with Gasteiger partial charge in [-0.2, -0.15) is 4.31 Å². The number of methoxy groups -OCH3 is 1. The number of thiophene rings is 1. The summed E-state index contributed by atoms with van der Waals surface area (Å²) in [5.74, 6) is 0.458. The normalized spacial score (nSPS) is 16.6. The number of carbonyl (C=O) groups is 1. The molecule has 0 saturated carbocycles. The van der Waals surface area contributed by atoms with Crippen molar-refractivity contribution in [3.8, 4) is 5.75 Å². The van der Waals surface area contributed by atoms with Gasteiger partial charge in [0, 0.05) is 22.5 Å². The van der Waals surface area contributed by atoms with E-state index in [1.54, 1.807) is 30.3 Å². The van der Waals surface area contributed by atoms with E-state index in [1.165, 1.54) is 27.4 Å². The number of benzene rings is 2. The number of hydrogen-bond donors (Lipinski definition) is 0. The molecular formula is C26H28Cl2N2O4S2. The molecule has 1 aliphatic heterocycles. The first-order chi connectivity index (χ1) is 17.2. The zero-order chi connectivity index (χ0) is 26.0. The Balaban J connectivity index is 1.70. The molecule has 1 aromatic heterocycles. The van der Waals surface area contributed by atoms with E-state index in [4.69, 9.17) is 27.9 Å². The summed E-state index contributed by atoms with van der Waals surface area (Å²) in [6.45, 7) is 3.87. The molecule has 3 aromatic rings. The molecule has 0 radical (unpaired) electrons. The van der Waals surface area contributed by atoms with Crippen LogP contribution in [-0.2, 0) is 21.2 Å². The molecule has 0 bridgehead atoms. The van der Waals surface area contributed by atoms with Crippen LogP contribution in [-0.4, -0.2) is 49.8 Å². The highest BCUT2D eigenvalue weighted by molar-refractivity contribution is 7.89. The first-order valence-corrected chi connectivity index (χ1v) is 14.7. The Morgan fingerprint density at radius 2 is 1.92 bits per heavy atom. The SMILES string of the molecule is CC[C@H](C)N(CC(=O)N1CCc2sccc2[C@@H]1c1ccc(OC)cc1)S(=O)(=O)c1cc(Cl)ccc1Cl. The van der Waals surface area contributed by atoms with Crippen LogP contribution in [0.25, 0.3) is 0 Å². The summed E-state index contributed by atoms with van der Waals surface area (Å²) in [6, 6.07) is 13.3. The van der Waals surface area contributed by atoms with E-state index in [9.17, 15) is 13.2 Å². The van der Waals surface area contributed by atoms with E-state index in [1.807, 2.05) is 42.6 Å². The summed E-state index contributed by atoms with van der Waals surface area (Å²) in [5.41, 5.74) is 2.01. The van der Waals surface area contributed by atoms with Gasteiger partial charge in [-0.1, -0.05) is 42.3 Å². The highest BCUT2D eigenvalue weighted by Gasteiger charge is 2.37. The van der Waals surface area contributed by atoms with Gasteiger partial charge in [-0.3, -0.25) is 4.79 Å². The van der Waals surface area contributed by atoms with Gasteiger partial charge in [0.15, 0.2) is 0 Å². The fourth-order valence-electron chi connectivity index (χ4n) is 4.44. The highest BCUT2D eigenvalue weighted by Crippen LogP contribution is 2.39. The number of fused-ring (bicyclic) bond motifs is 1. The molecule has 1 amide bonds. The van der Waals surface area contributed by atoms with Gasteiger partial charge in [-0.25, -0.2) is 8.42 Å². The Morgan fingerprint density at radius 3 is 2.58 bits per heavy atom. The molecule has 6 nitrogen and oxygen atoms in total. The van der Waals surface area contributed by atoms with E-state index >= 15 is 0 Å². The maximum absolute atomic E-state index is 13.8. The van der Waals surface area contributed by atoms with Crippen molar-refractivity contribution in [3.05, 3.63) is 80.0 Å². The standard InChI is InChI=1S/C26H28Cl2N2O4S2/c1-4-17(2)30(36(32,33)24-15-19(27)7-10-22(24)28)16-25(31)29-13-11-23-21(12-14-35-23)26(29)18-5-8-20(34-3)9-6-18/h5-10,12,14-15,17,26H,4,11,13,16H2,1-3H3/t17-,26-/m0/s1. The number of hydrogen-bond acceptors (Lipinski definition) is 5. The van der Waals surface area contributed by atoms with Gasteiger partial charge < -0.3 is 9.64 Å². The lowest BCUT2D eigenvalue weighted by molar-refractivity contribution is -0.133. The van der Waals surface area contributed by atoms with Gasteiger partial charge in [0.1, 0.15) is 10.6 Å². The van der Waals surface area contributed by atoms with Crippen molar-refractivity contribution in [3.63, 3.8) is 0 Å². The minimum absolute atomic E-state index is 0.0668. The largest absolute Gasteiger partial charge is 0.497 e. The molecule has 2 heterocycles. The molecule has 36 heavy (non-hydrogen) atoms. The molecule has 0 unspecified atom stereocenters. The minimum atomic E-state index is -4.09. The topological polar surface area (TPSA) is 66.9 Å². The van der Waals surface area contributed by atoms with E-state index in [2.05, 4.69) is 0 Å². The first-order valence-electron chi connectivity index (χ1n) is 11.6. The quantitative estimate of drug-likeness (QED) is 0.334. The van der Waals surface area contributed by atoms with Crippen LogP contribution in [0.15, 0.2) is 58.8 Å². The monoisotopic (exact) mass is 566 g/mol. The summed E-state index contributed by atoms with van der Waals surface area (Å²) in [6.07, 6.45) is 1.25. The molecule has 0 spiro atoms. The maximum atomic E-state index is 13.8. The lowest BCUT2D eigenvalue weighted by Crippen LogP contribution is -2.49. The van der Waals surface area contributed by atoms with Gasteiger partial charge in [0.25, 0.3) is 0 Å². The lowest BCUT2D eigenvalue weighted by Gasteiger charge is -2.38. The third-order valence-corrected chi connectivity index (χ3v) is 10.2. The predicted octanol–water partition coefficient (Wildman–Crippen LogP) is 6.03. The van der Waals surface area contributed by atoms with Crippen LogP contribution in [0.3, 0.4) is 0 Å². The lowest BCUT2D eigenvalue weighted by atomic mass is 9.93. The van der Waals surface area contributed by atoms with Crippen molar-refractivity contribution in [2.45, 2.75) is 43.7 Å². The zero-order valence-electron chi connectivity index (χ0n) is 20.3.